The highest BCUT2D eigenvalue weighted by atomic mass is 32.2. The first-order valence-electron chi connectivity index (χ1n) is 8.42. The number of nitrogens with two attached hydrogens (primary N) is 1. The summed E-state index contributed by atoms with van der Waals surface area (Å²) in [5.74, 6) is 2.57. The van der Waals surface area contributed by atoms with E-state index in [1.165, 1.54) is 11.8 Å². The third-order valence-corrected chi connectivity index (χ3v) is 4.73. The Bertz CT molecular complexity index is 1110. The molecule has 3 heterocycles. The molecule has 0 fully saturated rings. The van der Waals surface area contributed by atoms with Crippen LogP contribution in [0.15, 0.2) is 50.7 Å². The summed E-state index contributed by atoms with van der Waals surface area (Å²) >= 11 is 1.32. The Morgan fingerprint density at radius 3 is 2.71 bits per heavy atom. The van der Waals surface area contributed by atoms with Crippen LogP contribution >= 0.6 is 11.8 Å². The van der Waals surface area contributed by atoms with Gasteiger partial charge in [-0.3, -0.25) is 0 Å². The number of anilines is 3. The third-order valence-electron chi connectivity index (χ3n) is 3.91. The number of nitrogens with zero attached hydrogens (tertiary/aromatic N) is 5. The SMILES string of the molecule is Cc1ccccc1Nc1nc(N)nc(CSc2nnc(-c3ccoc3C)o2)n1. The average molecular weight is 395 g/mol. The van der Waals surface area contributed by atoms with Crippen molar-refractivity contribution in [2.24, 2.45) is 0 Å². The number of benzene rings is 1. The molecule has 0 unspecified atom stereocenters. The highest BCUT2D eigenvalue weighted by Crippen LogP contribution is 2.27. The van der Waals surface area contributed by atoms with Gasteiger partial charge in [0, 0.05) is 5.69 Å². The molecule has 0 aliphatic heterocycles. The summed E-state index contributed by atoms with van der Waals surface area (Å²) in [4.78, 5) is 12.7. The molecule has 0 radical (unpaired) electrons. The lowest BCUT2D eigenvalue weighted by molar-refractivity contribution is 0.463. The Hall–Kier alpha value is -3.40. The van der Waals surface area contributed by atoms with E-state index in [0.29, 0.717) is 28.6 Å². The van der Waals surface area contributed by atoms with E-state index in [2.05, 4.69) is 30.5 Å². The molecule has 0 aliphatic rings. The van der Waals surface area contributed by atoms with Crippen LogP contribution in [0, 0.1) is 13.8 Å². The van der Waals surface area contributed by atoms with Crippen molar-refractivity contribution in [1.29, 1.82) is 0 Å². The summed E-state index contributed by atoms with van der Waals surface area (Å²) in [6.07, 6.45) is 1.58. The Balaban J connectivity index is 1.47. The zero-order chi connectivity index (χ0) is 19.5. The summed E-state index contributed by atoms with van der Waals surface area (Å²) in [6.45, 7) is 3.83. The van der Waals surface area contributed by atoms with Crippen LogP contribution in [-0.4, -0.2) is 25.1 Å². The number of aryl methyl sites for hydroxylation is 2. The first kappa shape index (κ1) is 18.0. The first-order chi connectivity index (χ1) is 13.6. The van der Waals surface area contributed by atoms with Crippen LogP contribution in [-0.2, 0) is 5.75 Å². The molecule has 142 valence electrons. The largest absolute Gasteiger partial charge is 0.469 e. The number of aromatic nitrogens is 5. The molecule has 9 nitrogen and oxygen atoms in total. The summed E-state index contributed by atoms with van der Waals surface area (Å²) in [5, 5.41) is 11.7. The van der Waals surface area contributed by atoms with E-state index in [-0.39, 0.29) is 5.95 Å². The van der Waals surface area contributed by atoms with Crippen molar-refractivity contribution < 1.29 is 8.83 Å². The Morgan fingerprint density at radius 2 is 1.93 bits per heavy atom. The van der Waals surface area contributed by atoms with Gasteiger partial charge < -0.3 is 19.9 Å². The molecular formula is C18H17N7O2S. The van der Waals surface area contributed by atoms with E-state index >= 15 is 0 Å². The zero-order valence-electron chi connectivity index (χ0n) is 15.2. The molecule has 0 saturated heterocycles. The van der Waals surface area contributed by atoms with Gasteiger partial charge in [-0.05, 0) is 31.5 Å². The normalized spacial score (nSPS) is 10.9. The van der Waals surface area contributed by atoms with E-state index in [1.54, 1.807) is 12.3 Å². The summed E-state index contributed by atoms with van der Waals surface area (Å²) in [6, 6.07) is 9.63. The van der Waals surface area contributed by atoms with Gasteiger partial charge in [-0.1, -0.05) is 30.0 Å². The second-order valence-corrected chi connectivity index (χ2v) is 6.85. The van der Waals surface area contributed by atoms with E-state index in [1.807, 2.05) is 38.1 Å². The minimum absolute atomic E-state index is 0.141. The molecule has 3 N–H and O–H groups in total. The topological polar surface area (TPSA) is 129 Å². The maximum absolute atomic E-state index is 5.83. The second-order valence-electron chi connectivity index (χ2n) is 5.93. The smallest absolute Gasteiger partial charge is 0.277 e. The molecule has 1 aromatic carbocycles. The number of nitrogens with one attached hydrogen (secondary N) is 1. The monoisotopic (exact) mass is 395 g/mol. The minimum Gasteiger partial charge on any atom is -0.469 e. The molecular weight excluding hydrogens is 378 g/mol. The Labute approximate surface area is 164 Å². The van der Waals surface area contributed by atoms with Crippen LogP contribution in [0.3, 0.4) is 0 Å². The van der Waals surface area contributed by atoms with Crippen LogP contribution in [0.4, 0.5) is 17.6 Å². The summed E-state index contributed by atoms with van der Waals surface area (Å²) in [7, 11) is 0. The van der Waals surface area contributed by atoms with E-state index in [9.17, 15) is 0 Å². The maximum Gasteiger partial charge on any atom is 0.277 e. The molecule has 0 spiro atoms. The fourth-order valence-corrected chi connectivity index (χ4v) is 3.12. The van der Waals surface area contributed by atoms with Gasteiger partial charge in [-0.15, -0.1) is 10.2 Å². The van der Waals surface area contributed by atoms with Gasteiger partial charge in [0.15, 0.2) is 0 Å². The van der Waals surface area contributed by atoms with Crippen molar-refractivity contribution in [3.63, 3.8) is 0 Å². The van der Waals surface area contributed by atoms with Crippen molar-refractivity contribution in [3.8, 4) is 11.5 Å². The molecule has 0 atom stereocenters. The van der Waals surface area contributed by atoms with E-state index in [4.69, 9.17) is 14.6 Å². The van der Waals surface area contributed by atoms with Crippen LogP contribution in [0.25, 0.3) is 11.5 Å². The number of nitrogen functional groups attached to an aromatic ring is 1. The molecule has 0 aliphatic carbocycles. The Kier molecular flexibility index (Phi) is 4.94. The third kappa shape index (κ3) is 3.96. The number of thioether (sulfide) groups is 1. The second kappa shape index (κ2) is 7.69. The van der Waals surface area contributed by atoms with Crippen LogP contribution in [0.5, 0.6) is 0 Å². The number of hydrogen-bond donors (Lipinski definition) is 2. The fraction of sp³-hybridized carbons (Fsp3) is 0.167. The predicted octanol–water partition coefficient (Wildman–Crippen LogP) is 3.75. The van der Waals surface area contributed by atoms with Crippen molar-refractivity contribution in [3.05, 3.63) is 53.7 Å². The van der Waals surface area contributed by atoms with Gasteiger partial charge in [0.25, 0.3) is 11.1 Å². The summed E-state index contributed by atoms with van der Waals surface area (Å²) in [5.41, 5.74) is 8.58. The lowest BCUT2D eigenvalue weighted by atomic mass is 10.2. The van der Waals surface area contributed by atoms with E-state index in [0.717, 1.165) is 22.6 Å². The zero-order valence-corrected chi connectivity index (χ0v) is 16.0. The molecule has 4 aromatic rings. The Morgan fingerprint density at radius 1 is 1.07 bits per heavy atom. The van der Waals surface area contributed by atoms with Crippen LogP contribution in [0.1, 0.15) is 17.1 Å². The molecule has 0 bridgehead atoms. The fourth-order valence-electron chi connectivity index (χ4n) is 2.50. The average Bonchev–Trinajstić information content (AvgIpc) is 3.30. The number of hydrogen-bond acceptors (Lipinski definition) is 10. The quantitative estimate of drug-likeness (QED) is 0.466. The lowest BCUT2D eigenvalue weighted by Crippen LogP contribution is -2.07. The van der Waals surface area contributed by atoms with Crippen molar-refractivity contribution in [2.45, 2.75) is 24.8 Å². The molecule has 4 rings (SSSR count). The van der Waals surface area contributed by atoms with Crippen molar-refractivity contribution in [2.75, 3.05) is 11.1 Å². The summed E-state index contributed by atoms with van der Waals surface area (Å²) < 4.78 is 10.9. The predicted molar refractivity (Wildman–Crippen MR) is 105 cm³/mol. The van der Waals surface area contributed by atoms with Crippen molar-refractivity contribution in [1.82, 2.24) is 25.1 Å². The molecule has 28 heavy (non-hydrogen) atoms. The van der Waals surface area contributed by atoms with Crippen LogP contribution < -0.4 is 11.1 Å². The van der Waals surface area contributed by atoms with Gasteiger partial charge in [-0.25, -0.2) is 0 Å². The molecule has 10 heteroatoms. The van der Waals surface area contributed by atoms with Gasteiger partial charge in [0.2, 0.25) is 11.9 Å². The minimum atomic E-state index is 0.141. The number of rotatable bonds is 6. The highest BCUT2D eigenvalue weighted by molar-refractivity contribution is 7.98. The highest BCUT2D eigenvalue weighted by Gasteiger charge is 2.14. The standard InChI is InChI=1S/C18H17N7O2S/c1-10-5-3-4-6-13(10)20-17-22-14(21-16(19)23-17)9-28-18-25-24-15(27-18)12-7-8-26-11(12)2/h3-8H,9H2,1-2H3,(H3,19,20,21,22,23). The van der Waals surface area contributed by atoms with Crippen LogP contribution in [0.2, 0.25) is 0 Å². The van der Waals surface area contributed by atoms with Gasteiger partial charge in [0.05, 0.1) is 17.6 Å². The number of para-hydroxylation sites is 1. The first-order valence-corrected chi connectivity index (χ1v) is 9.41. The van der Waals surface area contributed by atoms with Gasteiger partial charge in [-0.2, -0.15) is 15.0 Å². The maximum atomic E-state index is 5.83. The van der Waals surface area contributed by atoms with Gasteiger partial charge >= 0.3 is 0 Å². The molecule has 3 aromatic heterocycles. The van der Waals surface area contributed by atoms with Gasteiger partial charge in [0.1, 0.15) is 11.6 Å². The number of furan rings is 1. The molecule has 0 saturated carbocycles. The van der Waals surface area contributed by atoms with E-state index < -0.39 is 0 Å². The molecule has 0 amide bonds. The van der Waals surface area contributed by atoms with Crippen molar-refractivity contribution >= 4 is 29.3 Å². The lowest BCUT2D eigenvalue weighted by Gasteiger charge is -2.09.